The van der Waals surface area contributed by atoms with E-state index in [9.17, 15) is 13.2 Å². The summed E-state index contributed by atoms with van der Waals surface area (Å²) in [5, 5.41) is 17.2. The third-order valence-corrected chi connectivity index (χ3v) is 1.38. The van der Waals surface area contributed by atoms with Gasteiger partial charge >= 0.3 is 0 Å². The summed E-state index contributed by atoms with van der Waals surface area (Å²) in [6, 6.07) is 1.28. The van der Waals surface area contributed by atoms with Crippen LogP contribution in [0.5, 0.6) is 5.75 Å². The molecule has 1 heterocycles. The van der Waals surface area contributed by atoms with Gasteiger partial charge in [-0.15, -0.1) is 0 Å². The molecule has 1 N–H and O–H groups in total. The lowest BCUT2D eigenvalue weighted by Crippen LogP contribution is -1.96. The highest BCUT2D eigenvalue weighted by atomic mass is 19.3. The summed E-state index contributed by atoms with van der Waals surface area (Å²) in [5.41, 5.74) is -1.55. The second-order valence-corrected chi connectivity index (χ2v) is 2.14. The third-order valence-electron chi connectivity index (χ3n) is 1.38. The maximum absolute atomic E-state index is 12.5. The van der Waals surface area contributed by atoms with Gasteiger partial charge in [0.2, 0.25) is 0 Å². The monoisotopic (exact) mass is 188 g/mol. The predicted octanol–water partition coefficient (Wildman–Crippen LogP) is 1.74. The minimum atomic E-state index is -2.96. The van der Waals surface area contributed by atoms with Gasteiger partial charge in [-0.25, -0.2) is 13.8 Å². The van der Waals surface area contributed by atoms with Crippen LogP contribution in [0, 0.1) is 17.3 Å². The Kier molecular flexibility index (Phi) is 2.37. The Morgan fingerprint density at radius 1 is 1.54 bits per heavy atom. The van der Waals surface area contributed by atoms with E-state index in [2.05, 4.69) is 4.98 Å². The van der Waals surface area contributed by atoms with Crippen LogP contribution < -0.4 is 0 Å². The van der Waals surface area contributed by atoms with Crippen LogP contribution in [0.1, 0.15) is 17.6 Å². The van der Waals surface area contributed by atoms with Crippen LogP contribution in [0.2, 0.25) is 0 Å². The molecule has 6 heteroatoms. The van der Waals surface area contributed by atoms with Gasteiger partial charge in [-0.3, -0.25) is 0 Å². The van der Waals surface area contributed by atoms with Crippen LogP contribution in [0.25, 0.3) is 0 Å². The predicted molar refractivity (Wildman–Crippen MR) is 35.5 cm³/mol. The van der Waals surface area contributed by atoms with E-state index >= 15 is 0 Å². The van der Waals surface area contributed by atoms with Crippen molar-refractivity contribution in [2.75, 3.05) is 0 Å². The number of aromatic hydroxyl groups is 1. The molecule has 3 nitrogen and oxygen atoms in total. The lowest BCUT2D eigenvalue weighted by atomic mass is 10.1. The molecular formula is C7H3F3N2O. The smallest absolute Gasteiger partial charge is 0.266 e. The van der Waals surface area contributed by atoms with Gasteiger partial charge in [-0.05, 0) is 0 Å². The van der Waals surface area contributed by atoms with Crippen molar-refractivity contribution < 1.29 is 18.3 Å². The van der Waals surface area contributed by atoms with Crippen molar-refractivity contribution in [3.63, 3.8) is 0 Å². The van der Waals surface area contributed by atoms with Crippen LogP contribution in [-0.2, 0) is 0 Å². The van der Waals surface area contributed by atoms with Crippen molar-refractivity contribution in [2.24, 2.45) is 0 Å². The standard InChI is InChI=1S/C7H3F3N2O/c8-6(9)4-2-12-7(10)5(13)3(4)1-11/h2,6,13H. The van der Waals surface area contributed by atoms with Gasteiger partial charge in [0, 0.05) is 6.20 Å². The molecule has 1 aromatic heterocycles. The zero-order chi connectivity index (χ0) is 10.0. The molecule has 0 aliphatic heterocycles. The number of hydrogen-bond acceptors (Lipinski definition) is 3. The molecule has 0 unspecified atom stereocenters. The first-order valence-corrected chi connectivity index (χ1v) is 3.13. The summed E-state index contributed by atoms with van der Waals surface area (Å²) < 4.78 is 36.7. The normalized spacial score (nSPS) is 10.1. The maximum Gasteiger partial charge on any atom is 0.266 e. The molecule has 68 valence electrons. The molecule has 0 bridgehead atoms. The SMILES string of the molecule is N#Cc1c(C(F)F)cnc(F)c1O. The van der Waals surface area contributed by atoms with Gasteiger partial charge in [0.25, 0.3) is 12.4 Å². The van der Waals surface area contributed by atoms with E-state index in [1.807, 2.05) is 0 Å². The van der Waals surface area contributed by atoms with E-state index in [1.165, 1.54) is 6.07 Å². The number of hydrogen-bond donors (Lipinski definition) is 1. The average molecular weight is 188 g/mol. The zero-order valence-corrected chi connectivity index (χ0v) is 6.13. The molecule has 0 aliphatic rings. The fourth-order valence-electron chi connectivity index (χ4n) is 0.775. The minimum Gasteiger partial charge on any atom is -0.503 e. The first kappa shape index (κ1) is 9.32. The molecule has 0 aromatic carbocycles. The van der Waals surface area contributed by atoms with Crippen molar-refractivity contribution in [3.05, 3.63) is 23.3 Å². The number of nitriles is 1. The average Bonchev–Trinajstić information content (AvgIpc) is 2.09. The van der Waals surface area contributed by atoms with Gasteiger partial charge in [-0.1, -0.05) is 0 Å². The third kappa shape index (κ3) is 1.54. The van der Waals surface area contributed by atoms with E-state index in [0.29, 0.717) is 6.20 Å². The highest BCUT2D eigenvalue weighted by Gasteiger charge is 2.19. The lowest BCUT2D eigenvalue weighted by Gasteiger charge is -2.03. The summed E-state index contributed by atoms with van der Waals surface area (Å²) in [6.45, 7) is 0. The molecule has 13 heavy (non-hydrogen) atoms. The minimum absolute atomic E-state index is 0.526. The molecule has 0 spiro atoms. The Morgan fingerprint density at radius 2 is 2.15 bits per heavy atom. The molecule has 0 atom stereocenters. The van der Waals surface area contributed by atoms with Crippen LogP contribution in [0.4, 0.5) is 13.2 Å². The van der Waals surface area contributed by atoms with Gasteiger partial charge in [0.15, 0.2) is 5.75 Å². The van der Waals surface area contributed by atoms with Gasteiger partial charge in [0.05, 0.1) is 5.56 Å². The Hall–Kier alpha value is -1.77. The molecule has 1 rings (SSSR count). The summed E-state index contributed by atoms with van der Waals surface area (Å²) in [7, 11) is 0. The Bertz CT molecular complexity index is 373. The van der Waals surface area contributed by atoms with Crippen molar-refractivity contribution in [1.29, 1.82) is 5.26 Å². The fraction of sp³-hybridized carbons (Fsp3) is 0.143. The maximum atomic E-state index is 12.5. The Morgan fingerprint density at radius 3 is 2.62 bits per heavy atom. The highest BCUT2D eigenvalue weighted by Crippen LogP contribution is 2.28. The number of alkyl halides is 2. The summed E-state index contributed by atoms with van der Waals surface area (Å²) in [4.78, 5) is 2.86. The van der Waals surface area contributed by atoms with Crippen LogP contribution in [-0.4, -0.2) is 10.1 Å². The molecule has 1 aromatic rings. The second kappa shape index (κ2) is 3.31. The number of pyridine rings is 1. The van der Waals surface area contributed by atoms with Gasteiger partial charge < -0.3 is 5.11 Å². The molecular weight excluding hydrogens is 185 g/mol. The van der Waals surface area contributed by atoms with E-state index in [1.54, 1.807) is 0 Å². The zero-order valence-electron chi connectivity index (χ0n) is 6.13. The number of aromatic nitrogens is 1. The first-order chi connectivity index (χ1) is 6.07. The van der Waals surface area contributed by atoms with Crippen molar-refractivity contribution in [3.8, 4) is 11.8 Å². The van der Waals surface area contributed by atoms with E-state index in [-0.39, 0.29) is 0 Å². The topological polar surface area (TPSA) is 56.9 Å². The summed E-state index contributed by atoms with van der Waals surface area (Å²) >= 11 is 0. The highest BCUT2D eigenvalue weighted by molar-refractivity contribution is 5.46. The molecule has 0 fully saturated rings. The number of rotatable bonds is 1. The van der Waals surface area contributed by atoms with Crippen molar-refractivity contribution in [1.82, 2.24) is 4.98 Å². The van der Waals surface area contributed by atoms with Crippen LogP contribution in [0.15, 0.2) is 6.20 Å². The van der Waals surface area contributed by atoms with Crippen molar-refractivity contribution in [2.45, 2.75) is 6.43 Å². The Labute approximate surface area is 71.1 Å². The molecule has 0 saturated heterocycles. The second-order valence-electron chi connectivity index (χ2n) is 2.14. The van der Waals surface area contributed by atoms with Crippen molar-refractivity contribution >= 4 is 0 Å². The van der Waals surface area contributed by atoms with E-state index < -0.39 is 29.2 Å². The Balaban J connectivity index is 3.41. The largest absolute Gasteiger partial charge is 0.503 e. The van der Waals surface area contributed by atoms with E-state index in [0.717, 1.165) is 0 Å². The molecule has 0 radical (unpaired) electrons. The molecule has 0 aliphatic carbocycles. The molecule has 0 amide bonds. The van der Waals surface area contributed by atoms with E-state index in [4.69, 9.17) is 10.4 Å². The number of halogens is 3. The van der Waals surface area contributed by atoms with Gasteiger partial charge in [-0.2, -0.15) is 9.65 Å². The van der Waals surface area contributed by atoms with Crippen LogP contribution in [0.3, 0.4) is 0 Å². The summed E-state index contributed by atoms with van der Waals surface area (Å²) in [5.74, 6) is -2.47. The quantitative estimate of drug-likeness (QED) is 0.683. The number of nitrogens with zero attached hydrogens (tertiary/aromatic N) is 2. The van der Waals surface area contributed by atoms with Gasteiger partial charge in [0.1, 0.15) is 11.6 Å². The summed E-state index contributed by atoms with van der Waals surface area (Å²) in [6.07, 6.45) is -2.44. The van der Waals surface area contributed by atoms with Crippen LogP contribution >= 0.6 is 0 Å². The molecule has 0 saturated carbocycles. The fourth-order valence-corrected chi connectivity index (χ4v) is 0.775. The first-order valence-electron chi connectivity index (χ1n) is 3.13. The lowest BCUT2D eigenvalue weighted by molar-refractivity contribution is 0.150.